The van der Waals surface area contributed by atoms with Crippen molar-refractivity contribution >= 4 is 11.9 Å². The summed E-state index contributed by atoms with van der Waals surface area (Å²) in [5.41, 5.74) is -0.456. The van der Waals surface area contributed by atoms with Gasteiger partial charge in [0.2, 0.25) is 0 Å². The summed E-state index contributed by atoms with van der Waals surface area (Å²) < 4.78 is 10.1. The van der Waals surface area contributed by atoms with Crippen LogP contribution in [-0.2, 0) is 19.1 Å². The summed E-state index contributed by atoms with van der Waals surface area (Å²) in [7, 11) is 0. The molecular formula is C15H32O4. The number of esters is 2. The third-order valence-corrected chi connectivity index (χ3v) is 2.81. The zero-order valence-electron chi connectivity index (χ0n) is 11.5. The van der Waals surface area contributed by atoms with Crippen LogP contribution in [-0.4, -0.2) is 24.6 Å². The van der Waals surface area contributed by atoms with Crippen molar-refractivity contribution in [2.75, 3.05) is 6.61 Å². The first-order valence-corrected chi connectivity index (χ1v) is 6.32. The lowest BCUT2D eigenvalue weighted by atomic mass is 9.91. The summed E-state index contributed by atoms with van der Waals surface area (Å²) in [4.78, 5) is 22.4. The molecule has 19 heavy (non-hydrogen) atoms. The van der Waals surface area contributed by atoms with E-state index in [0.717, 1.165) is 6.42 Å². The molecule has 1 aliphatic heterocycles. The van der Waals surface area contributed by atoms with E-state index in [1.807, 2.05) is 34.6 Å². The van der Waals surface area contributed by atoms with Gasteiger partial charge < -0.3 is 9.47 Å². The second-order valence-corrected chi connectivity index (χ2v) is 4.49. The third kappa shape index (κ3) is 7.85. The van der Waals surface area contributed by atoms with Gasteiger partial charge in [-0.2, -0.15) is 0 Å². The molecule has 0 radical (unpaired) electrons. The molecule has 0 aliphatic carbocycles. The van der Waals surface area contributed by atoms with Gasteiger partial charge in [0.25, 0.3) is 0 Å². The lowest BCUT2D eigenvalue weighted by molar-refractivity contribution is -0.160. The zero-order chi connectivity index (χ0) is 13.5. The number of hydrogen-bond donors (Lipinski definition) is 0. The molecule has 1 atom stereocenters. The second-order valence-electron chi connectivity index (χ2n) is 4.49. The molecule has 0 aromatic rings. The monoisotopic (exact) mass is 276 g/mol. The first-order chi connectivity index (χ1) is 7.95. The zero-order valence-corrected chi connectivity index (χ0v) is 11.5. The van der Waals surface area contributed by atoms with Gasteiger partial charge in [-0.15, -0.1) is 0 Å². The molecule has 0 amide bonds. The minimum absolute atomic E-state index is 0. The SMILES string of the molecule is C.C.CC.CCC(C)(C)C(=O)OCC1CCC(=O)O1. The van der Waals surface area contributed by atoms with Gasteiger partial charge in [0.05, 0.1) is 5.41 Å². The molecular weight excluding hydrogens is 244 g/mol. The van der Waals surface area contributed by atoms with Crippen LogP contribution in [0.5, 0.6) is 0 Å². The van der Waals surface area contributed by atoms with E-state index in [-0.39, 0.29) is 39.5 Å². The number of hydrogen-bond acceptors (Lipinski definition) is 4. The minimum Gasteiger partial charge on any atom is -0.461 e. The largest absolute Gasteiger partial charge is 0.461 e. The molecule has 1 heterocycles. The predicted molar refractivity (Wildman–Crippen MR) is 79.0 cm³/mol. The average Bonchev–Trinajstić information content (AvgIpc) is 2.74. The fraction of sp³-hybridized carbons (Fsp3) is 0.867. The maximum atomic E-state index is 11.6. The Morgan fingerprint density at radius 1 is 1.37 bits per heavy atom. The predicted octanol–water partition coefficient (Wildman–Crippen LogP) is 3.97. The van der Waals surface area contributed by atoms with E-state index in [2.05, 4.69) is 0 Å². The van der Waals surface area contributed by atoms with Crippen molar-refractivity contribution < 1.29 is 19.1 Å². The molecule has 116 valence electrons. The van der Waals surface area contributed by atoms with E-state index in [1.165, 1.54) is 0 Å². The molecule has 0 spiro atoms. The lowest BCUT2D eigenvalue weighted by Gasteiger charge is -2.21. The Balaban J connectivity index is -0.000000609. The van der Waals surface area contributed by atoms with Gasteiger partial charge in [-0.3, -0.25) is 9.59 Å². The highest BCUT2D eigenvalue weighted by atomic mass is 16.6. The van der Waals surface area contributed by atoms with Crippen molar-refractivity contribution in [3.8, 4) is 0 Å². The number of carbonyl (C=O) groups excluding carboxylic acids is 2. The van der Waals surface area contributed by atoms with Crippen LogP contribution in [0.1, 0.15) is 68.7 Å². The van der Waals surface area contributed by atoms with Crippen molar-refractivity contribution in [2.24, 2.45) is 5.41 Å². The van der Waals surface area contributed by atoms with Gasteiger partial charge in [0.1, 0.15) is 12.7 Å². The highest BCUT2D eigenvalue weighted by Crippen LogP contribution is 2.22. The Bertz CT molecular complexity index is 259. The Kier molecular flexibility index (Phi) is 13.1. The lowest BCUT2D eigenvalue weighted by Crippen LogP contribution is -2.29. The molecule has 1 aliphatic rings. The number of ether oxygens (including phenoxy) is 2. The van der Waals surface area contributed by atoms with E-state index in [1.54, 1.807) is 0 Å². The molecule has 0 N–H and O–H groups in total. The molecule has 1 rings (SSSR count). The number of carbonyl (C=O) groups is 2. The molecule has 0 saturated carbocycles. The summed E-state index contributed by atoms with van der Waals surface area (Å²) >= 11 is 0. The van der Waals surface area contributed by atoms with Crippen molar-refractivity contribution in [1.82, 2.24) is 0 Å². The molecule has 0 bridgehead atoms. The Morgan fingerprint density at radius 3 is 2.26 bits per heavy atom. The summed E-state index contributed by atoms with van der Waals surface area (Å²) in [6, 6.07) is 0. The Hall–Kier alpha value is -1.06. The van der Waals surface area contributed by atoms with Crippen molar-refractivity contribution in [3.05, 3.63) is 0 Å². The molecule has 1 fully saturated rings. The smallest absolute Gasteiger partial charge is 0.311 e. The van der Waals surface area contributed by atoms with E-state index >= 15 is 0 Å². The number of cyclic esters (lactones) is 1. The average molecular weight is 276 g/mol. The maximum Gasteiger partial charge on any atom is 0.311 e. The van der Waals surface area contributed by atoms with Gasteiger partial charge in [-0.1, -0.05) is 35.6 Å². The van der Waals surface area contributed by atoms with Gasteiger partial charge >= 0.3 is 11.9 Å². The summed E-state index contributed by atoms with van der Waals surface area (Å²) in [5, 5.41) is 0. The molecule has 0 aromatic carbocycles. The summed E-state index contributed by atoms with van der Waals surface area (Å²) in [6.45, 7) is 9.82. The van der Waals surface area contributed by atoms with Gasteiger partial charge in [0.15, 0.2) is 0 Å². The normalized spacial score (nSPS) is 17.1. The fourth-order valence-electron chi connectivity index (χ4n) is 1.21. The standard InChI is InChI=1S/C11H18O4.C2H6.2CH4/c1-4-11(2,3)10(13)14-7-8-5-6-9(12)15-8;1-2;;/h8H,4-7H2,1-3H3;1-2H3;2*1H4. The first kappa shape index (κ1) is 23.1. The van der Waals surface area contributed by atoms with Gasteiger partial charge in [-0.05, 0) is 26.7 Å². The van der Waals surface area contributed by atoms with Crippen LogP contribution in [0.2, 0.25) is 0 Å². The van der Waals surface area contributed by atoms with E-state index in [9.17, 15) is 9.59 Å². The second kappa shape index (κ2) is 10.8. The topological polar surface area (TPSA) is 52.6 Å². The minimum atomic E-state index is -0.456. The van der Waals surface area contributed by atoms with Gasteiger partial charge in [-0.25, -0.2) is 0 Å². The highest BCUT2D eigenvalue weighted by Gasteiger charge is 2.30. The molecule has 1 saturated heterocycles. The van der Waals surface area contributed by atoms with E-state index in [0.29, 0.717) is 12.8 Å². The molecule has 4 heteroatoms. The van der Waals surface area contributed by atoms with Crippen molar-refractivity contribution in [2.45, 2.75) is 74.8 Å². The summed E-state index contributed by atoms with van der Waals surface area (Å²) in [5.74, 6) is -0.432. The van der Waals surface area contributed by atoms with E-state index < -0.39 is 5.41 Å². The van der Waals surface area contributed by atoms with Crippen molar-refractivity contribution in [1.29, 1.82) is 0 Å². The number of rotatable bonds is 4. The van der Waals surface area contributed by atoms with Gasteiger partial charge in [0, 0.05) is 6.42 Å². The first-order valence-electron chi connectivity index (χ1n) is 6.32. The quantitative estimate of drug-likeness (QED) is 0.729. The molecule has 4 nitrogen and oxygen atoms in total. The van der Waals surface area contributed by atoms with Crippen LogP contribution in [0.25, 0.3) is 0 Å². The Labute approximate surface area is 118 Å². The van der Waals surface area contributed by atoms with Crippen LogP contribution >= 0.6 is 0 Å². The van der Waals surface area contributed by atoms with Crippen LogP contribution in [0.3, 0.4) is 0 Å². The van der Waals surface area contributed by atoms with Crippen LogP contribution in [0.15, 0.2) is 0 Å². The molecule has 0 aromatic heterocycles. The highest BCUT2D eigenvalue weighted by molar-refractivity contribution is 5.76. The third-order valence-electron chi connectivity index (χ3n) is 2.81. The molecule has 1 unspecified atom stereocenters. The van der Waals surface area contributed by atoms with Crippen LogP contribution < -0.4 is 0 Å². The Morgan fingerprint density at radius 2 is 1.89 bits per heavy atom. The van der Waals surface area contributed by atoms with Crippen LogP contribution in [0, 0.1) is 5.41 Å². The van der Waals surface area contributed by atoms with E-state index in [4.69, 9.17) is 9.47 Å². The van der Waals surface area contributed by atoms with Crippen LogP contribution in [0.4, 0.5) is 0 Å². The van der Waals surface area contributed by atoms with Crippen molar-refractivity contribution in [3.63, 3.8) is 0 Å². The maximum absolute atomic E-state index is 11.6. The fourth-order valence-corrected chi connectivity index (χ4v) is 1.21. The summed E-state index contributed by atoms with van der Waals surface area (Å²) in [6.07, 6.45) is 1.57.